The highest BCUT2D eigenvalue weighted by Gasteiger charge is 2.16. The van der Waals surface area contributed by atoms with Gasteiger partial charge >= 0.3 is 0 Å². The number of hydrogen-bond donors (Lipinski definition) is 1. The Labute approximate surface area is 164 Å². The predicted molar refractivity (Wildman–Crippen MR) is 105 cm³/mol. The summed E-state index contributed by atoms with van der Waals surface area (Å²) in [7, 11) is 0. The Bertz CT molecular complexity index is 739. The van der Waals surface area contributed by atoms with Crippen molar-refractivity contribution in [3.05, 3.63) is 37.7 Å². The summed E-state index contributed by atoms with van der Waals surface area (Å²) in [5, 5.41) is 6.09. The number of carbonyl (C=O) groups excluding carboxylic acids is 1. The Balaban J connectivity index is 2.08. The molecule has 0 spiro atoms. The largest absolute Gasteiger partial charge is 0.491 e. The summed E-state index contributed by atoms with van der Waals surface area (Å²) in [6.07, 6.45) is 0.102. The van der Waals surface area contributed by atoms with Crippen molar-refractivity contribution in [1.29, 1.82) is 0 Å². The molecule has 1 aromatic carbocycles. The lowest BCUT2D eigenvalue weighted by atomic mass is 10.2. The maximum Gasteiger partial charge on any atom is 0.230 e. The van der Waals surface area contributed by atoms with Gasteiger partial charge in [0.2, 0.25) is 5.91 Å². The minimum atomic E-state index is -0.184. The Hall–Kier alpha value is -1.15. The smallest absolute Gasteiger partial charge is 0.230 e. The van der Waals surface area contributed by atoms with Crippen molar-refractivity contribution >= 4 is 50.5 Å². The fraction of sp³-hybridized carbons (Fsp3) is 0.412. The molecule has 0 aliphatic rings. The van der Waals surface area contributed by atoms with E-state index in [0.717, 1.165) is 5.01 Å². The standard InChI is InChI=1S/C17H20BrClN2O3S/c1-4-23-10(3)17-20-12(9-25-17)8-15(22)21-14-7-11(19)6-13(18)16(14)24-5-2/h6-7,9-10H,4-5,8H2,1-3H3,(H,21,22). The summed E-state index contributed by atoms with van der Waals surface area (Å²) in [4.78, 5) is 16.8. The third kappa shape index (κ3) is 5.67. The van der Waals surface area contributed by atoms with Crippen LogP contribution in [0.15, 0.2) is 22.0 Å². The second-order valence-electron chi connectivity index (χ2n) is 5.20. The molecule has 5 nitrogen and oxygen atoms in total. The number of halogens is 2. The Morgan fingerprint density at radius 3 is 2.84 bits per heavy atom. The molecule has 2 rings (SSSR count). The molecule has 1 unspecified atom stereocenters. The Kier molecular flexibility index (Phi) is 7.68. The highest BCUT2D eigenvalue weighted by molar-refractivity contribution is 9.10. The molecule has 0 fully saturated rings. The van der Waals surface area contributed by atoms with Gasteiger partial charge in [-0.15, -0.1) is 11.3 Å². The number of hydrogen-bond acceptors (Lipinski definition) is 5. The van der Waals surface area contributed by atoms with E-state index in [9.17, 15) is 4.79 Å². The maximum atomic E-state index is 12.4. The van der Waals surface area contributed by atoms with Crippen LogP contribution in [-0.4, -0.2) is 24.1 Å². The molecule has 0 saturated carbocycles. The minimum Gasteiger partial charge on any atom is -0.491 e. The molecule has 1 amide bonds. The number of anilines is 1. The van der Waals surface area contributed by atoms with Crippen molar-refractivity contribution in [2.45, 2.75) is 33.3 Å². The van der Waals surface area contributed by atoms with E-state index in [2.05, 4.69) is 26.2 Å². The number of nitrogens with one attached hydrogen (secondary N) is 1. The lowest BCUT2D eigenvalue weighted by Gasteiger charge is -2.13. The lowest BCUT2D eigenvalue weighted by Crippen LogP contribution is -2.16. The van der Waals surface area contributed by atoms with Gasteiger partial charge in [-0.3, -0.25) is 4.79 Å². The van der Waals surface area contributed by atoms with E-state index in [-0.39, 0.29) is 18.4 Å². The highest BCUT2D eigenvalue weighted by Crippen LogP contribution is 2.36. The molecule has 1 heterocycles. The zero-order valence-corrected chi connectivity index (χ0v) is 17.4. The monoisotopic (exact) mass is 446 g/mol. The first-order chi connectivity index (χ1) is 11.9. The molecule has 2 aromatic rings. The first-order valence-electron chi connectivity index (χ1n) is 7.92. The SMILES string of the molecule is CCOc1c(Br)cc(Cl)cc1NC(=O)Cc1csc(C(C)OCC)n1. The summed E-state index contributed by atoms with van der Waals surface area (Å²) in [6, 6.07) is 3.39. The van der Waals surface area contributed by atoms with Crippen molar-refractivity contribution in [1.82, 2.24) is 4.98 Å². The molecular weight excluding hydrogens is 428 g/mol. The van der Waals surface area contributed by atoms with Gasteiger partial charge in [0.25, 0.3) is 0 Å². The molecular formula is C17H20BrClN2O3S. The molecule has 1 N–H and O–H groups in total. The average molecular weight is 448 g/mol. The summed E-state index contributed by atoms with van der Waals surface area (Å²) in [5.74, 6) is 0.375. The van der Waals surface area contributed by atoms with Gasteiger partial charge in [0.15, 0.2) is 5.75 Å². The number of nitrogens with zero attached hydrogens (tertiary/aromatic N) is 1. The van der Waals surface area contributed by atoms with E-state index >= 15 is 0 Å². The number of ether oxygens (including phenoxy) is 2. The highest BCUT2D eigenvalue weighted by atomic mass is 79.9. The van der Waals surface area contributed by atoms with Crippen LogP contribution in [0.4, 0.5) is 5.69 Å². The molecule has 0 aliphatic heterocycles. The summed E-state index contributed by atoms with van der Waals surface area (Å²) in [5.41, 5.74) is 1.24. The van der Waals surface area contributed by atoms with E-state index in [1.165, 1.54) is 11.3 Å². The number of amides is 1. The van der Waals surface area contributed by atoms with Crippen molar-refractivity contribution in [3.63, 3.8) is 0 Å². The van der Waals surface area contributed by atoms with Gasteiger partial charge in [-0.25, -0.2) is 4.98 Å². The Morgan fingerprint density at radius 1 is 1.40 bits per heavy atom. The Morgan fingerprint density at radius 2 is 2.16 bits per heavy atom. The number of rotatable bonds is 8. The maximum absolute atomic E-state index is 12.4. The predicted octanol–water partition coefficient (Wildman–Crippen LogP) is 5.24. The van der Waals surface area contributed by atoms with Crippen LogP contribution in [0.1, 0.15) is 37.6 Å². The fourth-order valence-corrected chi connectivity index (χ4v) is 3.96. The van der Waals surface area contributed by atoms with E-state index in [1.807, 2.05) is 26.2 Å². The molecule has 136 valence electrons. The van der Waals surface area contributed by atoms with E-state index in [4.69, 9.17) is 21.1 Å². The molecule has 0 saturated heterocycles. The molecule has 25 heavy (non-hydrogen) atoms. The van der Waals surface area contributed by atoms with Crippen LogP contribution >= 0.6 is 38.9 Å². The molecule has 0 radical (unpaired) electrons. The van der Waals surface area contributed by atoms with Gasteiger partial charge < -0.3 is 14.8 Å². The van der Waals surface area contributed by atoms with Crippen molar-refractivity contribution in [2.24, 2.45) is 0 Å². The van der Waals surface area contributed by atoms with Crippen LogP contribution in [0.3, 0.4) is 0 Å². The van der Waals surface area contributed by atoms with Crippen LogP contribution in [0.2, 0.25) is 5.02 Å². The normalized spacial score (nSPS) is 12.0. The van der Waals surface area contributed by atoms with Crippen LogP contribution < -0.4 is 10.1 Å². The zero-order valence-electron chi connectivity index (χ0n) is 14.3. The van der Waals surface area contributed by atoms with E-state index < -0.39 is 0 Å². The van der Waals surface area contributed by atoms with E-state index in [1.54, 1.807) is 12.1 Å². The molecule has 1 atom stereocenters. The van der Waals surface area contributed by atoms with Crippen LogP contribution in [0.5, 0.6) is 5.75 Å². The third-order valence-electron chi connectivity index (χ3n) is 3.25. The quantitative estimate of drug-likeness (QED) is 0.601. The van der Waals surface area contributed by atoms with Gasteiger partial charge in [-0.2, -0.15) is 0 Å². The van der Waals surface area contributed by atoms with Crippen LogP contribution in [0, 0.1) is 0 Å². The van der Waals surface area contributed by atoms with Gasteiger partial charge in [-0.05, 0) is 48.8 Å². The number of thiazole rings is 1. The summed E-state index contributed by atoms with van der Waals surface area (Å²) in [6.45, 7) is 6.87. The molecule has 8 heteroatoms. The average Bonchev–Trinajstić information content (AvgIpc) is 2.99. The van der Waals surface area contributed by atoms with Gasteiger partial charge in [-0.1, -0.05) is 11.6 Å². The molecule has 0 aliphatic carbocycles. The van der Waals surface area contributed by atoms with Gasteiger partial charge in [0.05, 0.1) is 28.9 Å². The van der Waals surface area contributed by atoms with Crippen molar-refractivity contribution in [2.75, 3.05) is 18.5 Å². The van der Waals surface area contributed by atoms with Crippen molar-refractivity contribution < 1.29 is 14.3 Å². The van der Waals surface area contributed by atoms with Gasteiger partial charge in [0.1, 0.15) is 11.1 Å². The first kappa shape index (κ1) is 20.2. The number of aromatic nitrogens is 1. The summed E-state index contributed by atoms with van der Waals surface area (Å²) >= 11 is 11.0. The first-order valence-corrected chi connectivity index (χ1v) is 9.97. The zero-order chi connectivity index (χ0) is 18.4. The molecule has 0 bridgehead atoms. The second kappa shape index (κ2) is 9.52. The van der Waals surface area contributed by atoms with Gasteiger partial charge in [0, 0.05) is 17.0 Å². The van der Waals surface area contributed by atoms with E-state index in [0.29, 0.717) is 39.8 Å². The minimum absolute atomic E-state index is 0.0692. The van der Waals surface area contributed by atoms with Crippen molar-refractivity contribution in [3.8, 4) is 5.75 Å². The van der Waals surface area contributed by atoms with Crippen LogP contribution in [-0.2, 0) is 16.0 Å². The van der Waals surface area contributed by atoms with Crippen LogP contribution in [0.25, 0.3) is 0 Å². The second-order valence-corrected chi connectivity index (χ2v) is 7.38. The summed E-state index contributed by atoms with van der Waals surface area (Å²) < 4.78 is 11.8. The topological polar surface area (TPSA) is 60.5 Å². The number of benzene rings is 1. The number of carbonyl (C=O) groups is 1. The lowest BCUT2D eigenvalue weighted by molar-refractivity contribution is -0.115. The molecule has 1 aromatic heterocycles. The third-order valence-corrected chi connectivity index (χ3v) is 5.11. The fourth-order valence-electron chi connectivity index (χ4n) is 2.21.